The van der Waals surface area contributed by atoms with E-state index in [0.717, 1.165) is 31.7 Å². The van der Waals surface area contributed by atoms with Gasteiger partial charge in [0.2, 0.25) is 5.91 Å². The summed E-state index contributed by atoms with van der Waals surface area (Å²) >= 11 is 0. The highest BCUT2D eigenvalue weighted by molar-refractivity contribution is 5.73. The summed E-state index contributed by atoms with van der Waals surface area (Å²) in [7, 11) is 0. The normalized spacial score (nSPS) is 16.8. The second kappa shape index (κ2) is 13.5. The van der Waals surface area contributed by atoms with Crippen LogP contribution in [0, 0.1) is 18.6 Å². The Bertz CT molecular complexity index is 1010. The highest BCUT2D eigenvalue weighted by Crippen LogP contribution is 2.39. The van der Waals surface area contributed by atoms with Crippen LogP contribution in [0.5, 0.6) is 0 Å². The highest BCUT2D eigenvalue weighted by Gasteiger charge is 2.35. The Hall–Kier alpha value is -2.31. The summed E-state index contributed by atoms with van der Waals surface area (Å²) in [6.07, 6.45) is 4.50. The molecule has 0 heterocycles. The number of aryl methyl sites for hydroxylation is 1. The van der Waals surface area contributed by atoms with Gasteiger partial charge in [-0.1, -0.05) is 77.6 Å². The lowest BCUT2D eigenvalue weighted by molar-refractivity contribution is -0.120. The molecule has 1 fully saturated rings. The van der Waals surface area contributed by atoms with E-state index in [-0.39, 0.29) is 29.8 Å². The van der Waals surface area contributed by atoms with Gasteiger partial charge in [0, 0.05) is 25.1 Å². The monoisotopic (exact) mass is 516 g/mol. The van der Waals surface area contributed by atoms with Crippen molar-refractivity contribution in [1.82, 2.24) is 10.6 Å². The molecular formula is C31H46F2N2O2. The fourth-order valence-corrected chi connectivity index (χ4v) is 5.18. The summed E-state index contributed by atoms with van der Waals surface area (Å²) in [6, 6.07) is 9.38. The Balaban J connectivity index is 0.00000235. The summed E-state index contributed by atoms with van der Waals surface area (Å²) in [6.45, 7) is 14.4. The minimum Gasteiger partial charge on any atom is -0.390 e. The van der Waals surface area contributed by atoms with Crippen molar-refractivity contribution in [2.75, 3.05) is 6.54 Å². The zero-order chi connectivity index (χ0) is 27.8. The van der Waals surface area contributed by atoms with E-state index in [1.165, 1.54) is 42.2 Å². The molecule has 1 aliphatic rings. The molecule has 4 nitrogen and oxygen atoms in total. The fourth-order valence-electron chi connectivity index (χ4n) is 5.18. The van der Waals surface area contributed by atoms with Gasteiger partial charge in [-0.05, 0) is 60.4 Å². The summed E-state index contributed by atoms with van der Waals surface area (Å²) < 4.78 is 27.4. The van der Waals surface area contributed by atoms with Gasteiger partial charge in [0.15, 0.2) is 0 Å². The first kappa shape index (κ1) is 30.9. The third-order valence-electron chi connectivity index (χ3n) is 7.08. The minimum absolute atomic E-state index is 0.0207. The van der Waals surface area contributed by atoms with Crippen LogP contribution in [-0.2, 0) is 22.2 Å². The number of carbonyl (C=O) groups excluding carboxylic acids is 1. The largest absolute Gasteiger partial charge is 0.390 e. The van der Waals surface area contributed by atoms with Crippen molar-refractivity contribution < 1.29 is 18.7 Å². The molecule has 0 aliphatic heterocycles. The zero-order valence-electron chi connectivity index (χ0n) is 23.7. The minimum atomic E-state index is -0.934. The van der Waals surface area contributed by atoms with Gasteiger partial charge in [0.25, 0.3) is 0 Å². The third-order valence-corrected chi connectivity index (χ3v) is 7.08. The number of carbonyl (C=O) groups is 1. The molecule has 0 radical (unpaired) electrons. The lowest BCUT2D eigenvalue weighted by atomic mass is 9.74. The van der Waals surface area contributed by atoms with E-state index < -0.39 is 23.8 Å². The van der Waals surface area contributed by atoms with E-state index in [1.807, 2.05) is 13.8 Å². The summed E-state index contributed by atoms with van der Waals surface area (Å²) in [5.41, 5.74) is 3.87. The first-order valence-corrected chi connectivity index (χ1v) is 13.7. The van der Waals surface area contributed by atoms with E-state index in [1.54, 1.807) is 0 Å². The van der Waals surface area contributed by atoms with Gasteiger partial charge >= 0.3 is 0 Å². The predicted octanol–water partition coefficient (Wildman–Crippen LogP) is 6.45. The van der Waals surface area contributed by atoms with Crippen molar-refractivity contribution in [3.8, 4) is 0 Å². The van der Waals surface area contributed by atoms with Crippen LogP contribution in [0.2, 0.25) is 0 Å². The third kappa shape index (κ3) is 8.89. The second-order valence-electron chi connectivity index (χ2n) is 11.2. The number of hydrogen-bond acceptors (Lipinski definition) is 3. The lowest BCUT2D eigenvalue weighted by Crippen LogP contribution is -2.53. The average Bonchev–Trinajstić information content (AvgIpc) is 2.82. The van der Waals surface area contributed by atoms with Crippen LogP contribution >= 0.6 is 0 Å². The van der Waals surface area contributed by atoms with E-state index in [0.29, 0.717) is 5.56 Å². The first-order valence-electron chi connectivity index (χ1n) is 13.7. The standard InChI is InChI=1S/C29H40F2N2O2.C2H6/c1-19-11-22(28(3,4)5)16-23(12-19)29(9-7-6-8-10-29)32-18-27(35)26(33-20(2)34)15-21-13-24(30)17-25(31)14-21;1-2/h11-14,16-17,26-27,32,35H,6-10,15,18H2,1-5H3,(H,33,34);1-2H3. The SMILES string of the molecule is CC.CC(=O)NC(Cc1cc(F)cc(F)c1)C(O)CNC1(c2cc(C)cc(C(C)(C)C)c2)CCCCC1. The molecule has 0 aromatic heterocycles. The van der Waals surface area contributed by atoms with Gasteiger partial charge in [-0.15, -0.1) is 0 Å². The molecule has 2 unspecified atom stereocenters. The van der Waals surface area contributed by atoms with Gasteiger partial charge < -0.3 is 15.7 Å². The molecule has 1 amide bonds. The number of aliphatic hydroxyl groups is 1. The number of hydrogen-bond donors (Lipinski definition) is 3. The molecule has 2 aromatic carbocycles. The van der Waals surface area contributed by atoms with Crippen molar-refractivity contribution >= 4 is 5.91 Å². The van der Waals surface area contributed by atoms with Crippen molar-refractivity contribution in [1.29, 1.82) is 0 Å². The van der Waals surface area contributed by atoms with Crippen LogP contribution in [0.15, 0.2) is 36.4 Å². The van der Waals surface area contributed by atoms with E-state index >= 15 is 0 Å². The van der Waals surface area contributed by atoms with Crippen LogP contribution < -0.4 is 10.6 Å². The topological polar surface area (TPSA) is 61.4 Å². The maximum Gasteiger partial charge on any atom is 0.217 e. The quantitative estimate of drug-likeness (QED) is 0.378. The van der Waals surface area contributed by atoms with Crippen LogP contribution in [-0.4, -0.2) is 29.7 Å². The van der Waals surface area contributed by atoms with E-state index in [2.05, 4.69) is 56.5 Å². The molecule has 3 rings (SSSR count). The van der Waals surface area contributed by atoms with Crippen molar-refractivity contribution in [3.05, 3.63) is 70.3 Å². The second-order valence-corrected chi connectivity index (χ2v) is 11.2. The molecule has 1 aliphatic carbocycles. The Morgan fingerprint density at radius 3 is 2.14 bits per heavy atom. The van der Waals surface area contributed by atoms with Crippen molar-refractivity contribution in [2.24, 2.45) is 0 Å². The molecule has 2 atom stereocenters. The summed E-state index contributed by atoms with van der Waals surface area (Å²) in [4.78, 5) is 11.9. The number of aliphatic hydroxyl groups excluding tert-OH is 1. The van der Waals surface area contributed by atoms with Crippen LogP contribution in [0.25, 0.3) is 0 Å². The summed E-state index contributed by atoms with van der Waals surface area (Å²) in [5, 5.41) is 17.6. The van der Waals surface area contributed by atoms with Crippen LogP contribution in [0.3, 0.4) is 0 Å². The van der Waals surface area contributed by atoms with Crippen LogP contribution in [0.4, 0.5) is 8.78 Å². The Labute approximate surface area is 222 Å². The van der Waals surface area contributed by atoms with E-state index in [4.69, 9.17) is 0 Å². The Kier molecular flexibility index (Phi) is 11.3. The fraction of sp³-hybridized carbons (Fsp3) is 0.581. The number of benzene rings is 2. The maximum atomic E-state index is 13.7. The maximum absolute atomic E-state index is 13.7. The average molecular weight is 517 g/mol. The number of amides is 1. The smallest absolute Gasteiger partial charge is 0.217 e. The summed E-state index contributed by atoms with van der Waals surface area (Å²) in [5.74, 6) is -1.65. The number of halogens is 2. The molecule has 206 valence electrons. The molecular weight excluding hydrogens is 470 g/mol. The number of nitrogens with one attached hydrogen (secondary N) is 2. The molecule has 0 bridgehead atoms. The molecule has 1 saturated carbocycles. The Morgan fingerprint density at radius 2 is 1.59 bits per heavy atom. The highest BCUT2D eigenvalue weighted by atomic mass is 19.1. The molecule has 2 aromatic rings. The first-order chi connectivity index (χ1) is 17.4. The van der Waals surface area contributed by atoms with Gasteiger partial charge in [-0.25, -0.2) is 8.78 Å². The molecule has 6 heteroatoms. The van der Waals surface area contributed by atoms with Crippen molar-refractivity contribution in [2.45, 2.75) is 110 Å². The molecule has 3 N–H and O–H groups in total. The van der Waals surface area contributed by atoms with Gasteiger partial charge in [0.05, 0.1) is 12.1 Å². The van der Waals surface area contributed by atoms with Gasteiger partial charge in [-0.3, -0.25) is 4.79 Å². The van der Waals surface area contributed by atoms with Crippen LogP contribution in [0.1, 0.15) is 95.9 Å². The predicted molar refractivity (Wildman–Crippen MR) is 148 cm³/mol. The molecule has 0 spiro atoms. The number of rotatable bonds is 8. The zero-order valence-corrected chi connectivity index (χ0v) is 23.7. The van der Waals surface area contributed by atoms with Gasteiger partial charge in [0.1, 0.15) is 11.6 Å². The molecule has 0 saturated heterocycles. The Morgan fingerprint density at radius 1 is 1.00 bits per heavy atom. The van der Waals surface area contributed by atoms with E-state index in [9.17, 15) is 18.7 Å². The van der Waals surface area contributed by atoms with Gasteiger partial charge in [-0.2, -0.15) is 0 Å². The molecule has 37 heavy (non-hydrogen) atoms. The lowest BCUT2D eigenvalue weighted by Gasteiger charge is -2.41. The van der Waals surface area contributed by atoms with Crippen molar-refractivity contribution in [3.63, 3.8) is 0 Å².